The number of nitrogens with two attached hydrogens (primary N) is 1. The summed E-state index contributed by atoms with van der Waals surface area (Å²) in [5.74, 6) is -1.66. The lowest BCUT2D eigenvalue weighted by Gasteiger charge is -2.12. The molecule has 0 radical (unpaired) electrons. The maximum Gasteiger partial charge on any atom is 0.159 e. The second kappa shape index (κ2) is 6.13. The van der Waals surface area contributed by atoms with Crippen molar-refractivity contribution in [2.24, 2.45) is 12.8 Å². The molecule has 1 aromatic carbocycles. The molecule has 0 saturated carbocycles. The predicted molar refractivity (Wildman–Crippen MR) is 74.3 cm³/mol. The van der Waals surface area contributed by atoms with E-state index < -0.39 is 11.6 Å². The van der Waals surface area contributed by atoms with Crippen molar-refractivity contribution in [1.82, 2.24) is 9.78 Å². The molecule has 0 bridgehead atoms. The Balaban J connectivity index is 2.02. The molecule has 0 aliphatic heterocycles. The SMILES string of the molecule is CCc1cc(CC(N)Cc2ccc(F)c(F)c2)n(C)n1. The van der Waals surface area contributed by atoms with Crippen molar-refractivity contribution in [2.75, 3.05) is 0 Å². The van der Waals surface area contributed by atoms with Gasteiger partial charge in [0.1, 0.15) is 0 Å². The van der Waals surface area contributed by atoms with E-state index in [0.29, 0.717) is 18.4 Å². The smallest absolute Gasteiger partial charge is 0.159 e. The summed E-state index contributed by atoms with van der Waals surface area (Å²) in [6, 6.07) is 5.79. The highest BCUT2D eigenvalue weighted by atomic mass is 19.2. The highest BCUT2D eigenvalue weighted by molar-refractivity contribution is 5.20. The lowest BCUT2D eigenvalue weighted by atomic mass is 10.0. The zero-order valence-electron chi connectivity index (χ0n) is 11.7. The molecular formula is C15H19F2N3. The summed E-state index contributed by atoms with van der Waals surface area (Å²) in [4.78, 5) is 0. The minimum atomic E-state index is -0.832. The maximum atomic E-state index is 13.1. The van der Waals surface area contributed by atoms with Crippen LogP contribution < -0.4 is 5.73 Å². The largest absolute Gasteiger partial charge is 0.327 e. The second-order valence-electron chi connectivity index (χ2n) is 5.02. The first-order valence-corrected chi connectivity index (χ1v) is 6.71. The van der Waals surface area contributed by atoms with Crippen LogP contribution in [0.2, 0.25) is 0 Å². The summed E-state index contributed by atoms with van der Waals surface area (Å²) in [6.07, 6.45) is 2.04. The summed E-state index contributed by atoms with van der Waals surface area (Å²) >= 11 is 0. The molecule has 5 heteroatoms. The van der Waals surface area contributed by atoms with Gasteiger partial charge in [-0.3, -0.25) is 4.68 Å². The van der Waals surface area contributed by atoms with Crippen molar-refractivity contribution in [3.63, 3.8) is 0 Å². The highest BCUT2D eigenvalue weighted by Crippen LogP contribution is 2.12. The van der Waals surface area contributed by atoms with E-state index in [-0.39, 0.29) is 6.04 Å². The van der Waals surface area contributed by atoms with Gasteiger partial charge in [-0.2, -0.15) is 5.10 Å². The van der Waals surface area contributed by atoms with E-state index in [1.54, 1.807) is 6.07 Å². The fourth-order valence-electron chi connectivity index (χ4n) is 2.25. The van der Waals surface area contributed by atoms with E-state index in [9.17, 15) is 8.78 Å². The number of aryl methyl sites for hydroxylation is 2. The molecule has 2 aromatic rings. The molecule has 0 spiro atoms. The van der Waals surface area contributed by atoms with Gasteiger partial charge >= 0.3 is 0 Å². The Labute approximate surface area is 117 Å². The standard InChI is InChI=1S/C15H19F2N3/c1-3-12-9-13(20(2)19-12)8-11(18)6-10-4-5-14(16)15(17)7-10/h4-5,7,9,11H,3,6,8,18H2,1-2H3. The van der Waals surface area contributed by atoms with Crippen molar-refractivity contribution in [3.05, 3.63) is 52.9 Å². The molecule has 2 rings (SSSR count). The zero-order chi connectivity index (χ0) is 14.7. The number of hydrogen-bond acceptors (Lipinski definition) is 2. The van der Waals surface area contributed by atoms with Crippen LogP contribution in [0.5, 0.6) is 0 Å². The van der Waals surface area contributed by atoms with Crippen LogP contribution in [0.4, 0.5) is 8.78 Å². The molecule has 0 amide bonds. The van der Waals surface area contributed by atoms with Crippen molar-refractivity contribution in [1.29, 1.82) is 0 Å². The molecule has 1 atom stereocenters. The van der Waals surface area contributed by atoms with E-state index in [4.69, 9.17) is 5.73 Å². The summed E-state index contributed by atoms with van der Waals surface area (Å²) in [5, 5.41) is 4.37. The molecule has 1 unspecified atom stereocenters. The summed E-state index contributed by atoms with van der Waals surface area (Å²) in [6.45, 7) is 2.05. The fourth-order valence-corrected chi connectivity index (χ4v) is 2.25. The summed E-state index contributed by atoms with van der Waals surface area (Å²) < 4.78 is 27.8. The Morgan fingerprint density at radius 2 is 1.95 bits per heavy atom. The average Bonchev–Trinajstić information content (AvgIpc) is 2.74. The first kappa shape index (κ1) is 14.7. The third kappa shape index (κ3) is 3.42. The number of rotatable bonds is 5. The molecule has 0 aliphatic carbocycles. The monoisotopic (exact) mass is 279 g/mol. The Morgan fingerprint density at radius 3 is 2.55 bits per heavy atom. The molecule has 2 N–H and O–H groups in total. The second-order valence-corrected chi connectivity index (χ2v) is 5.02. The molecule has 108 valence electrons. The lowest BCUT2D eigenvalue weighted by molar-refractivity contribution is 0.505. The first-order chi connectivity index (χ1) is 9.49. The van der Waals surface area contributed by atoms with Gasteiger partial charge in [-0.25, -0.2) is 8.78 Å². The highest BCUT2D eigenvalue weighted by Gasteiger charge is 2.11. The molecule has 20 heavy (non-hydrogen) atoms. The summed E-state index contributed by atoms with van der Waals surface area (Å²) in [5.41, 5.74) is 8.87. The van der Waals surface area contributed by atoms with E-state index in [1.165, 1.54) is 6.07 Å². The minimum Gasteiger partial charge on any atom is -0.327 e. The van der Waals surface area contributed by atoms with Gasteiger partial charge in [-0.1, -0.05) is 13.0 Å². The van der Waals surface area contributed by atoms with Crippen molar-refractivity contribution in [2.45, 2.75) is 32.2 Å². The Morgan fingerprint density at radius 1 is 1.20 bits per heavy atom. The molecule has 1 aromatic heterocycles. The fraction of sp³-hybridized carbons (Fsp3) is 0.400. The number of hydrogen-bond donors (Lipinski definition) is 1. The van der Waals surface area contributed by atoms with Gasteiger partial charge in [0.2, 0.25) is 0 Å². The molecule has 0 fully saturated rings. The summed E-state index contributed by atoms with van der Waals surface area (Å²) in [7, 11) is 1.89. The Hall–Kier alpha value is -1.75. The van der Waals surface area contributed by atoms with E-state index in [0.717, 1.165) is 23.9 Å². The lowest BCUT2D eigenvalue weighted by Crippen LogP contribution is -2.26. The van der Waals surface area contributed by atoms with Gasteiger partial charge in [-0.05, 0) is 36.6 Å². The normalized spacial score (nSPS) is 12.7. The number of aromatic nitrogens is 2. The number of nitrogens with zero attached hydrogens (tertiary/aromatic N) is 2. The Kier molecular flexibility index (Phi) is 4.49. The van der Waals surface area contributed by atoms with Crippen LogP contribution in [0.1, 0.15) is 23.9 Å². The molecular weight excluding hydrogens is 260 g/mol. The quantitative estimate of drug-likeness (QED) is 0.913. The number of halogens is 2. The maximum absolute atomic E-state index is 13.1. The van der Waals surface area contributed by atoms with Gasteiger partial charge < -0.3 is 5.73 Å². The van der Waals surface area contributed by atoms with Crippen LogP contribution in [-0.2, 0) is 26.3 Å². The van der Waals surface area contributed by atoms with E-state index in [2.05, 4.69) is 5.10 Å². The minimum absolute atomic E-state index is 0.153. The molecule has 0 saturated heterocycles. The topological polar surface area (TPSA) is 43.8 Å². The predicted octanol–water partition coefficient (Wildman–Crippen LogP) is 2.37. The van der Waals surface area contributed by atoms with Crippen LogP contribution in [-0.4, -0.2) is 15.8 Å². The van der Waals surface area contributed by atoms with E-state index in [1.807, 2.05) is 24.7 Å². The van der Waals surface area contributed by atoms with Crippen LogP contribution >= 0.6 is 0 Å². The third-order valence-corrected chi connectivity index (χ3v) is 3.34. The van der Waals surface area contributed by atoms with Gasteiger partial charge in [0.05, 0.1) is 5.69 Å². The van der Waals surface area contributed by atoms with Gasteiger partial charge in [0, 0.05) is 25.2 Å². The first-order valence-electron chi connectivity index (χ1n) is 6.71. The van der Waals surface area contributed by atoms with Crippen LogP contribution in [0.15, 0.2) is 24.3 Å². The van der Waals surface area contributed by atoms with Crippen molar-refractivity contribution < 1.29 is 8.78 Å². The van der Waals surface area contributed by atoms with Crippen LogP contribution in [0.25, 0.3) is 0 Å². The zero-order valence-corrected chi connectivity index (χ0v) is 11.7. The van der Waals surface area contributed by atoms with Gasteiger partial charge in [0.15, 0.2) is 11.6 Å². The molecule has 3 nitrogen and oxygen atoms in total. The van der Waals surface area contributed by atoms with Crippen LogP contribution in [0, 0.1) is 11.6 Å². The number of benzene rings is 1. The molecule has 0 aliphatic rings. The van der Waals surface area contributed by atoms with Crippen LogP contribution in [0.3, 0.4) is 0 Å². The Bertz CT molecular complexity index is 593. The van der Waals surface area contributed by atoms with Crippen molar-refractivity contribution >= 4 is 0 Å². The average molecular weight is 279 g/mol. The van der Waals surface area contributed by atoms with Crippen molar-refractivity contribution in [3.8, 4) is 0 Å². The van der Waals surface area contributed by atoms with E-state index >= 15 is 0 Å². The third-order valence-electron chi connectivity index (χ3n) is 3.34. The van der Waals surface area contributed by atoms with Gasteiger partial charge in [0.25, 0.3) is 0 Å². The van der Waals surface area contributed by atoms with Gasteiger partial charge in [-0.15, -0.1) is 0 Å². The molecule has 1 heterocycles.